The summed E-state index contributed by atoms with van der Waals surface area (Å²) in [5.74, 6) is 1.29. The summed E-state index contributed by atoms with van der Waals surface area (Å²) in [6.45, 7) is 7.37. The third-order valence-corrected chi connectivity index (χ3v) is 3.76. The van der Waals surface area contributed by atoms with Crippen LogP contribution in [0.3, 0.4) is 0 Å². The van der Waals surface area contributed by atoms with Crippen molar-refractivity contribution in [2.24, 2.45) is 11.3 Å². The van der Waals surface area contributed by atoms with Crippen LogP contribution in [0.4, 0.5) is 0 Å². The zero-order chi connectivity index (χ0) is 12.2. The van der Waals surface area contributed by atoms with Gasteiger partial charge in [0.05, 0.1) is 12.8 Å². The Morgan fingerprint density at radius 2 is 2.06 bits per heavy atom. The Labute approximate surface area is 114 Å². The van der Waals surface area contributed by atoms with Gasteiger partial charge in [0.25, 0.3) is 0 Å². The molecule has 16 heavy (non-hydrogen) atoms. The monoisotopic (exact) mass is 349 g/mol. The second kappa shape index (κ2) is 6.01. The number of hydrogen-bond donors (Lipinski definition) is 0. The fourth-order valence-corrected chi connectivity index (χ4v) is 2.70. The minimum atomic E-state index is 0.239. The lowest BCUT2D eigenvalue weighted by Gasteiger charge is -2.28. The molecule has 0 aromatic carbocycles. The molecular weight excluding hydrogens is 334 g/mol. The normalized spacial score (nSPS) is 13.6. The minimum absolute atomic E-state index is 0.239. The Balaban J connectivity index is 2.56. The molecular formula is C12H17Br2NO. The molecule has 1 rings (SSSR count). The maximum Gasteiger partial charge on any atom is 0.138 e. The third kappa shape index (κ3) is 4.42. The van der Waals surface area contributed by atoms with Gasteiger partial charge in [-0.25, -0.2) is 0 Å². The lowest BCUT2D eigenvalue weighted by atomic mass is 9.83. The summed E-state index contributed by atoms with van der Waals surface area (Å²) < 4.78 is 6.68. The van der Waals surface area contributed by atoms with E-state index in [1.54, 1.807) is 12.4 Å². The Kier molecular flexibility index (Phi) is 5.25. The molecule has 1 heterocycles. The second-order valence-electron chi connectivity index (χ2n) is 4.87. The fourth-order valence-electron chi connectivity index (χ4n) is 1.19. The van der Waals surface area contributed by atoms with Crippen molar-refractivity contribution >= 4 is 31.9 Å². The van der Waals surface area contributed by atoms with Crippen LogP contribution in [-0.2, 0) is 0 Å². The molecule has 0 N–H and O–H groups in total. The highest BCUT2D eigenvalue weighted by Gasteiger charge is 2.24. The highest BCUT2D eigenvalue weighted by Crippen LogP contribution is 2.28. The van der Waals surface area contributed by atoms with E-state index in [-0.39, 0.29) is 5.41 Å². The molecule has 1 unspecified atom stereocenters. The Morgan fingerprint density at radius 1 is 1.38 bits per heavy atom. The van der Waals surface area contributed by atoms with Gasteiger partial charge in [-0.05, 0) is 27.4 Å². The van der Waals surface area contributed by atoms with Crippen LogP contribution in [0.5, 0.6) is 5.75 Å². The van der Waals surface area contributed by atoms with Crippen LogP contribution in [0.15, 0.2) is 22.9 Å². The van der Waals surface area contributed by atoms with Crippen molar-refractivity contribution in [1.82, 2.24) is 4.98 Å². The summed E-state index contributed by atoms with van der Waals surface area (Å²) in [5, 5.41) is 0.942. The SMILES string of the molecule is CC(C)(C)C(CBr)COc1cncc(Br)c1. The van der Waals surface area contributed by atoms with Gasteiger partial charge in [0.15, 0.2) is 0 Å². The fraction of sp³-hybridized carbons (Fsp3) is 0.583. The van der Waals surface area contributed by atoms with Gasteiger partial charge in [0.1, 0.15) is 5.75 Å². The van der Waals surface area contributed by atoms with Gasteiger partial charge in [-0.2, -0.15) is 0 Å². The standard InChI is InChI=1S/C12H17Br2NO/c1-12(2,3)9(5-13)8-16-11-4-10(14)6-15-7-11/h4,6-7,9H,5,8H2,1-3H3. The van der Waals surface area contributed by atoms with E-state index in [1.165, 1.54) is 0 Å². The van der Waals surface area contributed by atoms with Crippen molar-refractivity contribution in [3.05, 3.63) is 22.9 Å². The van der Waals surface area contributed by atoms with Gasteiger partial charge in [0, 0.05) is 21.9 Å². The molecule has 1 atom stereocenters. The first kappa shape index (κ1) is 14.0. The van der Waals surface area contributed by atoms with Crippen molar-refractivity contribution in [3.63, 3.8) is 0 Å². The molecule has 0 radical (unpaired) electrons. The maximum atomic E-state index is 5.74. The Hall–Kier alpha value is -0.0900. The predicted molar refractivity (Wildman–Crippen MR) is 74.2 cm³/mol. The van der Waals surface area contributed by atoms with E-state index in [4.69, 9.17) is 4.74 Å². The molecule has 0 saturated heterocycles. The minimum Gasteiger partial charge on any atom is -0.492 e. The number of pyridine rings is 1. The average molecular weight is 351 g/mol. The number of halogens is 2. The van der Waals surface area contributed by atoms with Crippen LogP contribution >= 0.6 is 31.9 Å². The Bertz CT molecular complexity index is 336. The molecule has 0 amide bonds. The first-order valence-corrected chi connectivity index (χ1v) is 7.14. The quantitative estimate of drug-likeness (QED) is 0.756. The number of hydrogen-bond acceptors (Lipinski definition) is 2. The van der Waals surface area contributed by atoms with Crippen LogP contribution in [0.25, 0.3) is 0 Å². The van der Waals surface area contributed by atoms with E-state index >= 15 is 0 Å². The smallest absolute Gasteiger partial charge is 0.138 e. The van der Waals surface area contributed by atoms with E-state index < -0.39 is 0 Å². The van der Waals surface area contributed by atoms with Crippen molar-refractivity contribution in [3.8, 4) is 5.75 Å². The van der Waals surface area contributed by atoms with E-state index in [2.05, 4.69) is 57.6 Å². The molecule has 1 aromatic rings. The number of nitrogens with zero attached hydrogens (tertiary/aromatic N) is 1. The highest BCUT2D eigenvalue weighted by molar-refractivity contribution is 9.10. The first-order chi connectivity index (χ1) is 7.43. The van der Waals surface area contributed by atoms with E-state index in [1.807, 2.05) is 6.07 Å². The van der Waals surface area contributed by atoms with Crippen molar-refractivity contribution in [1.29, 1.82) is 0 Å². The van der Waals surface area contributed by atoms with Crippen molar-refractivity contribution in [2.75, 3.05) is 11.9 Å². The Morgan fingerprint density at radius 3 is 2.56 bits per heavy atom. The molecule has 0 spiro atoms. The average Bonchev–Trinajstić information content (AvgIpc) is 2.16. The molecule has 0 fully saturated rings. The van der Waals surface area contributed by atoms with Crippen LogP contribution in [0.2, 0.25) is 0 Å². The highest BCUT2D eigenvalue weighted by atomic mass is 79.9. The number of ether oxygens (including phenoxy) is 1. The maximum absolute atomic E-state index is 5.74. The van der Waals surface area contributed by atoms with Crippen LogP contribution < -0.4 is 4.74 Å². The van der Waals surface area contributed by atoms with Crippen molar-refractivity contribution < 1.29 is 4.74 Å². The van der Waals surface area contributed by atoms with Gasteiger partial charge in [-0.15, -0.1) is 0 Å². The molecule has 0 saturated carbocycles. The second-order valence-corrected chi connectivity index (χ2v) is 6.43. The number of aromatic nitrogens is 1. The van der Waals surface area contributed by atoms with Crippen LogP contribution in [-0.4, -0.2) is 16.9 Å². The van der Waals surface area contributed by atoms with Crippen LogP contribution in [0.1, 0.15) is 20.8 Å². The van der Waals surface area contributed by atoms with E-state index in [0.29, 0.717) is 12.5 Å². The summed E-state index contributed by atoms with van der Waals surface area (Å²) in [6, 6.07) is 1.93. The van der Waals surface area contributed by atoms with Gasteiger partial charge in [-0.3, -0.25) is 4.98 Å². The molecule has 90 valence electrons. The molecule has 1 aromatic heterocycles. The summed E-state index contributed by atoms with van der Waals surface area (Å²) in [4.78, 5) is 4.07. The summed E-state index contributed by atoms with van der Waals surface area (Å²) in [5.41, 5.74) is 0.239. The van der Waals surface area contributed by atoms with Crippen molar-refractivity contribution in [2.45, 2.75) is 20.8 Å². The molecule has 0 aliphatic rings. The number of rotatable bonds is 4. The van der Waals surface area contributed by atoms with E-state index in [0.717, 1.165) is 15.6 Å². The van der Waals surface area contributed by atoms with E-state index in [9.17, 15) is 0 Å². The zero-order valence-electron chi connectivity index (χ0n) is 9.84. The lowest BCUT2D eigenvalue weighted by Crippen LogP contribution is -2.27. The number of alkyl halides is 1. The summed E-state index contributed by atoms with van der Waals surface area (Å²) >= 11 is 6.91. The summed E-state index contributed by atoms with van der Waals surface area (Å²) in [7, 11) is 0. The lowest BCUT2D eigenvalue weighted by molar-refractivity contribution is 0.165. The van der Waals surface area contributed by atoms with Gasteiger partial charge in [0.2, 0.25) is 0 Å². The van der Waals surface area contributed by atoms with Gasteiger partial charge < -0.3 is 4.74 Å². The van der Waals surface area contributed by atoms with Gasteiger partial charge >= 0.3 is 0 Å². The summed E-state index contributed by atoms with van der Waals surface area (Å²) in [6.07, 6.45) is 3.48. The van der Waals surface area contributed by atoms with Crippen LogP contribution in [0, 0.1) is 11.3 Å². The molecule has 2 nitrogen and oxygen atoms in total. The predicted octanol–water partition coefficient (Wildman–Crippen LogP) is 4.28. The third-order valence-electron chi connectivity index (χ3n) is 2.54. The molecule has 0 bridgehead atoms. The van der Waals surface area contributed by atoms with Gasteiger partial charge in [-0.1, -0.05) is 36.7 Å². The molecule has 0 aliphatic carbocycles. The zero-order valence-corrected chi connectivity index (χ0v) is 13.0. The first-order valence-electron chi connectivity index (χ1n) is 5.23. The molecule has 4 heteroatoms. The topological polar surface area (TPSA) is 22.1 Å². The molecule has 0 aliphatic heterocycles. The largest absolute Gasteiger partial charge is 0.492 e.